The van der Waals surface area contributed by atoms with E-state index in [2.05, 4.69) is 17.1 Å². The van der Waals surface area contributed by atoms with Gasteiger partial charge >= 0.3 is 0 Å². The largest absolute Gasteiger partial charge is 0.493 e. The summed E-state index contributed by atoms with van der Waals surface area (Å²) < 4.78 is 16.4. The van der Waals surface area contributed by atoms with Crippen molar-refractivity contribution in [1.29, 1.82) is 0 Å². The Kier molecular flexibility index (Phi) is 7.20. The van der Waals surface area contributed by atoms with Gasteiger partial charge in [-0.15, -0.1) is 11.6 Å². The van der Waals surface area contributed by atoms with Crippen LogP contribution in [0.2, 0.25) is 0 Å². The third-order valence-electron chi connectivity index (χ3n) is 3.52. The Morgan fingerprint density at radius 1 is 1.17 bits per heavy atom. The highest BCUT2D eigenvalue weighted by Crippen LogP contribution is 2.37. The summed E-state index contributed by atoms with van der Waals surface area (Å²) in [6, 6.07) is 5.62. The minimum absolute atomic E-state index is 0.185. The summed E-state index contributed by atoms with van der Waals surface area (Å²) in [5, 5.41) is 3.96. The van der Waals surface area contributed by atoms with E-state index in [1.54, 1.807) is 7.11 Å². The molecule has 0 saturated carbocycles. The van der Waals surface area contributed by atoms with Gasteiger partial charge in [-0.2, -0.15) is 4.98 Å². The van der Waals surface area contributed by atoms with E-state index in [0.717, 1.165) is 18.4 Å². The average Bonchev–Trinajstić information content (AvgIpc) is 3.06. The second kappa shape index (κ2) is 9.40. The summed E-state index contributed by atoms with van der Waals surface area (Å²) in [6.45, 7) is 2.84. The quantitative estimate of drug-likeness (QED) is 0.458. The molecule has 0 fully saturated rings. The first kappa shape index (κ1) is 17.6. The number of benzene rings is 1. The number of ether oxygens (including phenoxy) is 2. The average molecular weight is 339 g/mol. The van der Waals surface area contributed by atoms with Gasteiger partial charge in [-0.05, 0) is 18.6 Å². The van der Waals surface area contributed by atoms with Crippen molar-refractivity contribution < 1.29 is 14.0 Å². The second-order valence-electron chi connectivity index (χ2n) is 5.24. The van der Waals surface area contributed by atoms with E-state index in [9.17, 15) is 0 Å². The van der Waals surface area contributed by atoms with Crippen LogP contribution in [0.1, 0.15) is 44.9 Å². The zero-order chi connectivity index (χ0) is 16.5. The van der Waals surface area contributed by atoms with Crippen LogP contribution < -0.4 is 9.47 Å². The topological polar surface area (TPSA) is 57.4 Å². The van der Waals surface area contributed by atoms with Gasteiger partial charge in [-0.1, -0.05) is 43.8 Å². The maximum atomic E-state index is 5.96. The Hall–Kier alpha value is -1.75. The number of para-hydroxylation sites is 1. The number of rotatable bonds is 10. The van der Waals surface area contributed by atoms with Crippen molar-refractivity contribution in [2.45, 2.75) is 44.9 Å². The Bertz CT molecular complexity index is 601. The van der Waals surface area contributed by atoms with Crippen LogP contribution in [0.3, 0.4) is 0 Å². The molecule has 0 unspecified atom stereocenters. The smallest absolute Gasteiger partial charge is 0.241 e. The van der Waals surface area contributed by atoms with Gasteiger partial charge in [0.05, 0.1) is 19.3 Å². The van der Waals surface area contributed by atoms with Crippen molar-refractivity contribution >= 4 is 11.6 Å². The molecule has 126 valence electrons. The highest BCUT2D eigenvalue weighted by molar-refractivity contribution is 6.16. The van der Waals surface area contributed by atoms with E-state index in [0.29, 0.717) is 29.8 Å². The van der Waals surface area contributed by atoms with Gasteiger partial charge in [-0.3, -0.25) is 0 Å². The van der Waals surface area contributed by atoms with Crippen LogP contribution in [-0.4, -0.2) is 23.9 Å². The van der Waals surface area contributed by atoms with E-state index in [1.165, 1.54) is 19.3 Å². The van der Waals surface area contributed by atoms with Gasteiger partial charge < -0.3 is 14.0 Å². The molecule has 0 N–H and O–H groups in total. The summed E-state index contributed by atoms with van der Waals surface area (Å²) >= 11 is 5.72. The minimum Gasteiger partial charge on any atom is -0.493 e. The number of halogens is 1. The van der Waals surface area contributed by atoms with Crippen molar-refractivity contribution in [3.05, 3.63) is 24.1 Å². The monoisotopic (exact) mass is 338 g/mol. The first-order chi connectivity index (χ1) is 11.3. The molecule has 5 nitrogen and oxygen atoms in total. The lowest BCUT2D eigenvalue weighted by atomic mass is 10.1. The highest BCUT2D eigenvalue weighted by atomic mass is 35.5. The first-order valence-electron chi connectivity index (χ1n) is 7.98. The van der Waals surface area contributed by atoms with Crippen LogP contribution in [0, 0.1) is 0 Å². The van der Waals surface area contributed by atoms with Gasteiger partial charge in [0.1, 0.15) is 5.88 Å². The van der Waals surface area contributed by atoms with Crippen LogP contribution >= 0.6 is 11.6 Å². The van der Waals surface area contributed by atoms with E-state index in [-0.39, 0.29) is 5.88 Å². The Morgan fingerprint density at radius 2 is 2.00 bits per heavy atom. The van der Waals surface area contributed by atoms with Crippen LogP contribution in [0.4, 0.5) is 0 Å². The maximum Gasteiger partial charge on any atom is 0.241 e. The number of nitrogens with zero attached hydrogens (tertiary/aromatic N) is 2. The molecular formula is C17H23ClN2O3. The number of alkyl halides is 1. The number of hydrogen-bond donors (Lipinski definition) is 0. The van der Waals surface area contributed by atoms with Crippen LogP contribution in [-0.2, 0) is 5.88 Å². The molecular weight excluding hydrogens is 316 g/mol. The lowest BCUT2D eigenvalue weighted by Gasteiger charge is -2.13. The number of unbranched alkanes of at least 4 members (excludes halogenated alkanes) is 4. The van der Waals surface area contributed by atoms with Crippen LogP contribution in [0.25, 0.3) is 11.4 Å². The molecule has 2 rings (SSSR count). The second-order valence-corrected chi connectivity index (χ2v) is 5.51. The molecule has 0 radical (unpaired) electrons. The predicted octanol–water partition coefficient (Wildman–Crippen LogP) is 4.83. The minimum atomic E-state index is 0.185. The molecule has 6 heteroatoms. The number of aromatic nitrogens is 2. The SMILES string of the molecule is CCCCCCCOc1c(OC)cccc1-c1noc(CCl)n1. The van der Waals surface area contributed by atoms with E-state index in [1.807, 2.05) is 18.2 Å². The molecule has 1 heterocycles. The Labute approximate surface area is 141 Å². The van der Waals surface area contributed by atoms with Gasteiger partial charge in [-0.25, -0.2) is 0 Å². The molecule has 0 saturated heterocycles. The van der Waals surface area contributed by atoms with E-state index >= 15 is 0 Å². The molecule has 0 amide bonds. The molecule has 0 atom stereocenters. The summed E-state index contributed by atoms with van der Waals surface area (Å²) in [5.74, 6) is 2.33. The first-order valence-corrected chi connectivity index (χ1v) is 8.52. The molecule has 1 aromatic carbocycles. The Morgan fingerprint density at radius 3 is 2.70 bits per heavy atom. The summed E-state index contributed by atoms with van der Waals surface area (Å²) in [6.07, 6.45) is 5.92. The van der Waals surface area contributed by atoms with E-state index < -0.39 is 0 Å². The van der Waals surface area contributed by atoms with Gasteiger partial charge in [0.2, 0.25) is 11.7 Å². The highest BCUT2D eigenvalue weighted by Gasteiger charge is 2.17. The number of methoxy groups -OCH3 is 1. The molecule has 0 bridgehead atoms. The maximum absolute atomic E-state index is 5.96. The summed E-state index contributed by atoms with van der Waals surface area (Å²) in [4.78, 5) is 4.26. The molecule has 0 aliphatic rings. The zero-order valence-electron chi connectivity index (χ0n) is 13.7. The lowest BCUT2D eigenvalue weighted by Crippen LogP contribution is -2.01. The fourth-order valence-corrected chi connectivity index (χ4v) is 2.41. The van der Waals surface area contributed by atoms with Crippen molar-refractivity contribution in [2.75, 3.05) is 13.7 Å². The van der Waals surface area contributed by atoms with Crippen molar-refractivity contribution in [1.82, 2.24) is 10.1 Å². The molecule has 0 aliphatic heterocycles. The fraction of sp³-hybridized carbons (Fsp3) is 0.529. The van der Waals surface area contributed by atoms with Gasteiger partial charge in [0, 0.05) is 0 Å². The zero-order valence-corrected chi connectivity index (χ0v) is 14.4. The normalized spacial score (nSPS) is 10.7. The molecule has 0 aliphatic carbocycles. The molecule has 0 spiro atoms. The predicted molar refractivity (Wildman–Crippen MR) is 90.1 cm³/mol. The van der Waals surface area contributed by atoms with Crippen LogP contribution in [0.15, 0.2) is 22.7 Å². The van der Waals surface area contributed by atoms with Crippen molar-refractivity contribution in [3.8, 4) is 22.9 Å². The van der Waals surface area contributed by atoms with Gasteiger partial charge in [0.25, 0.3) is 0 Å². The van der Waals surface area contributed by atoms with Crippen molar-refractivity contribution in [3.63, 3.8) is 0 Å². The Balaban J connectivity index is 2.09. The third-order valence-corrected chi connectivity index (χ3v) is 3.75. The summed E-state index contributed by atoms with van der Waals surface area (Å²) in [7, 11) is 1.62. The lowest BCUT2D eigenvalue weighted by molar-refractivity contribution is 0.285. The fourth-order valence-electron chi connectivity index (χ4n) is 2.30. The van der Waals surface area contributed by atoms with E-state index in [4.69, 9.17) is 25.6 Å². The molecule has 2 aromatic rings. The standard InChI is InChI=1S/C17H23ClN2O3/c1-3-4-5-6-7-11-22-16-13(9-8-10-14(16)21-2)17-19-15(12-18)23-20-17/h8-10H,3-7,11-12H2,1-2H3. The summed E-state index contributed by atoms with van der Waals surface area (Å²) in [5.41, 5.74) is 0.748. The van der Waals surface area contributed by atoms with Crippen molar-refractivity contribution in [2.24, 2.45) is 0 Å². The van der Waals surface area contributed by atoms with Gasteiger partial charge in [0.15, 0.2) is 11.5 Å². The third kappa shape index (κ3) is 4.86. The molecule has 23 heavy (non-hydrogen) atoms. The molecule has 1 aromatic heterocycles. The van der Waals surface area contributed by atoms with Crippen LogP contribution in [0.5, 0.6) is 11.5 Å². The number of hydrogen-bond acceptors (Lipinski definition) is 5.